The van der Waals surface area contributed by atoms with Crippen molar-refractivity contribution in [3.63, 3.8) is 0 Å². The van der Waals surface area contributed by atoms with Crippen LogP contribution in [-0.2, 0) is 4.57 Å². The van der Waals surface area contributed by atoms with Crippen LogP contribution in [0.5, 0.6) is 0 Å². The van der Waals surface area contributed by atoms with Gasteiger partial charge in [0.2, 0.25) is 0 Å². The molecule has 132 valence electrons. The minimum Gasteiger partial charge on any atom is -0.361 e. The summed E-state index contributed by atoms with van der Waals surface area (Å²) in [5, 5.41) is 2.49. The van der Waals surface area contributed by atoms with Crippen LogP contribution in [0, 0.1) is 0 Å². The summed E-state index contributed by atoms with van der Waals surface area (Å²) in [6.45, 7) is 0. The Labute approximate surface area is 160 Å². The van der Waals surface area contributed by atoms with Crippen LogP contribution in [0.15, 0.2) is 69.9 Å². The molecule has 2 heterocycles. The minimum atomic E-state index is -4.64. The van der Waals surface area contributed by atoms with Gasteiger partial charge in [-0.05, 0) is 48.5 Å². The van der Waals surface area contributed by atoms with Gasteiger partial charge in [0.25, 0.3) is 0 Å². The highest BCUT2D eigenvalue weighted by Crippen LogP contribution is 2.25. The Morgan fingerprint density at radius 3 is 1.44 bits per heavy atom. The molecule has 2 aromatic carbocycles. The lowest BCUT2D eigenvalue weighted by molar-refractivity contribution is 0.275. The Balaban J connectivity index is 0.000000144. The van der Waals surface area contributed by atoms with Crippen LogP contribution in [0.25, 0.3) is 21.8 Å². The van der Waals surface area contributed by atoms with Gasteiger partial charge in [-0.1, -0.05) is 31.9 Å². The second-order valence-corrected chi connectivity index (χ2v) is 7.79. The number of benzene rings is 2. The van der Waals surface area contributed by atoms with Gasteiger partial charge in [-0.2, -0.15) is 0 Å². The summed E-state index contributed by atoms with van der Waals surface area (Å²) in [7, 11) is -4.64. The van der Waals surface area contributed by atoms with Crippen molar-refractivity contribution in [2.45, 2.75) is 0 Å². The summed E-state index contributed by atoms with van der Waals surface area (Å²) in [4.78, 5) is 27.8. The number of H-pyrrole nitrogens is 2. The molecule has 0 aliphatic rings. The predicted octanol–water partition coefficient (Wildman–Crippen LogP) is 4.93. The number of phosphoric acid groups is 1. The number of hydrogen-bond donors (Lipinski definition) is 5. The van der Waals surface area contributed by atoms with Crippen molar-refractivity contribution in [3.05, 3.63) is 69.9 Å². The van der Waals surface area contributed by atoms with Crippen LogP contribution in [0.4, 0.5) is 0 Å². The molecule has 0 fully saturated rings. The van der Waals surface area contributed by atoms with Crippen molar-refractivity contribution in [1.82, 2.24) is 9.97 Å². The van der Waals surface area contributed by atoms with E-state index in [9.17, 15) is 0 Å². The lowest BCUT2D eigenvalue weighted by Gasteiger charge is -1.88. The maximum atomic E-state index is 8.88. The third-order valence-corrected chi connectivity index (χ3v) is 4.02. The van der Waals surface area contributed by atoms with E-state index in [1.807, 2.05) is 24.5 Å². The normalized spacial score (nSPS) is 10.8. The predicted molar refractivity (Wildman–Crippen MR) is 106 cm³/mol. The Bertz CT molecular complexity index is 929. The summed E-state index contributed by atoms with van der Waals surface area (Å²) < 4.78 is 11.1. The molecule has 0 saturated heterocycles. The van der Waals surface area contributed by atoms with Crippen LogP contribution in [0.1, 0.15) is 0 Å². The molecular weight excluding hydrogens is 475 g/mol. The van der Waals surface area contributed by atoms with E-state index >= 15 is 0 Å². The van der Waals surface area contributed by atoms with Crippen molar-refractivity contribution in [3.8, 4) is 0 Å². The average molecular weight is 490 g/mol. The first-order valence-corrected chi connectivity index (χ1v) is 10.1. The number of aromatic nitrogens is 2. The minimum absolute atomic E-state index is 1.12. The van der Waals surface area contributed by atoms with Gasteiger partial charge in [0, 0.05) is 43.1 Å². The number of fused-ring (bicyclic) bond motifs is 2. The van der Waals surface area contributed by atoms with Gasteiger partial charge in [-0.3, -0.25) is 0 Å². The second kappa shape index (κ2) is 8.80. The molecule has 2 aromatic heterocycles. The van der Waals surface area contributed by atoms with Crippen LogP contribution in [0.3, 0.4) is 0 Å². The smallest absolute Gasteiger partial charge is 0.361 e. The lowest BCUT2D eigenvalue weighted by Crippen LogP contribution is -1.66. The first-order valence-electron chi connectivity index (χ1n) is 6.96. The van der Waals surface area contributed by atoms with Gasteiger partial charge in [0.15, 0.2) is 0 Å². The van der Waals surface area contributed by atoms with Gasteiger partial charge in [0.05, 0.1) is 0 Å². The molecule has 25 heavy (non-hydrogen) atoms. The Morgan fingerprint density at radius 2 is 1.08 bits per heavy atom. The molecule has 0 radical (unpaired) electrons. The molecule has 4 rings (SSSR count). The van der Waals surface area contributed by atoms with Gasteiger partial charge in [0.1, 0.15) is 0 Å². The van der Waals surface area contributed by atoms with E-state index in [0.717, 1.165) is 8.95 Å². The van der Waals surface area contributed by atoms with Gasteiger partial charge in [-0.25, -0.2) is 4.57 Å². The molecule has 5 N–H and O–H groups in total. The molecule has 0 amide bonds. The Kier molecular flexibility index (Phi) is 7.01. The summed E-state index contributed by atoms with van der Waals surface area (Å²) in [5.74, 6) is 0. The molecule has 0 saturated carbocycles. The van der Waals surface area contributed by atoms with Crippen molar-refractivity contribution in [1.29, 1.82) is 0 Å². The van der Waals surface area contributed by atoms with E-state index in [0.29, 0.717) is 0 Å². The molecule has 6 nitrogen and oxygen atoms in total. The molecule has 4 aromatic rings. The van der Waals surface area contributed by atoms with Gasteiger partial charge < -0.3 is 24.6 Å². The molecule has 9 heteroatoms. The number of rotatable bonds is 0. The van der Waals surface area contributed by atoms with Crippen LogP contribution < -0.4 is 0 Å². The molecule has 0 unspecified atom stereocenters. The van der Waals surface area contributed by atoms with Gasteiger partial charge >= 0.3 is 7.82 Å². The second-order valence-electron chi connectivity index (χ2n) is 4.93. The van der Waals surface area contributed by atoms with E-state index in [1.54, 1.807) is 0 Å². The van der Waals surface area contributed by atoms with Crippen molar-refractivity contribution in [2.24, 2.45) is 0 Å². The van der Waals surface area contributed by atoms with Gasteiger partial charge in [-0.15, -0.1) is 0 Å². The van der Waals surface area contributed by atoms with Crippen molar-refractivity contribution >= 4 is 61.5 Å². The largest absolute Gasteiger partial charge is 0.466 e. The van der Waals surface area contributed by atoms with Crippen molar-refractivity contribution in [2.75, 3.05) is 0 Å². The number of hydrogen-bond acceptors (Lipinski definition) is 1. The average Bonchev–Trinajstić information content (AvgIpc) is 3.13. The molecule has 0 bridgehead atoms. The number of halogens is 2. The lowest BCUT2D eigenvalue weighted by atomic mass is 10.3. The zero-order chi connectivity index (χ0) is 18.4. The highest BCUT2D eigenvalue weighted by molar-refractivity contribution is 9.10. The van der Waals surface area contributed by atoms with Crippen molar-refractivity contribution < 1.29 is 19.2 Å². The zero-order valence-electron chi connectivity index (χ0n) is 12.7. The van der Waals surface area contributed by atoms with E-state index in [1.165, 1.54) is 21.8 Å². The Hall–Kier alpha value is -1.41. The first-order chi connectivity index (χ1) is 11.7. The zero-order valence-corrected chi connectivity index (χ0v) is 16.8. The maximum absolute atomic E-state index is 8.88. The maximum Gasteiger partial charge on any atom is 0.466 e. The summed E-state index contributed by atoms with van der Waals surface area (Å²) in [6, 6.07) is 16.5. The third kappa shape index (κ3) is 7.15. The quantitative estimate of drug-likeness (QED) is 0.225. The van der Waals surface area contributed by atoms with Crippen LogP contribution in [-0.4, -0.2) is 24.6 Å². The van der Waals surface area contributed by atoms with Crippen LogP contribution >= 0.6 is 39.7 Å². The van der Waals surface area contributed by atoms with E-state index in [-0.39, 0.29) is 0 Å². The summed E-state index contributed by atoms with van der Waals surface area (Å²) in [5.41, 5.74) is 2.37. The summed E-state index contributed by atoms with van der Waals surface area (Å²) in [6.07, 6.45) is 3.88. The highest BCUT2D eigenvalue weighted by atomic mass is 79.9. The summed E-state index contributed by atoms with van der Waals surface area (Å²) >= 11 is 6.81. The SMILES string of the molecule is Brc1ccc2[nH]ccc2c1.Brc1ccc2[nH]ccc2c1.O=P(O)(O)O. The standard InChI is InChI=1S/2C8H6BrN.H3O4P/c2*9-7-1-2-8-6(5-7)3-4-10-8;1-5(2,3)4/h2*1-5,10H;(H3,1,2,3,4). The van der Waals surface area contributed by atoms with Crippen LogP contribution in [0.2, 0.25) is 0 Å². The molecule has 0 atom stereocenters. The topological polar surface area (TPSA) is 109 Å². The monoisotopic (exact) mass is 488 g/mol. The van der Waals surface area contributed by atoms with E-state index < -0.39 is 7.82 Å². The fraction of sp³-hybridized carbons (Fsp3) is 0. The van der Waals surface area contributed by atoms with E-state index in [4.69, 9.17) is 19.2 Å². The van der Waals surface area contributed by atoms with E-state index in [2.05, 4.69) is 78.2 Å². The first kappa shape index (κ1) is 19.9. The number of aromatic amines is 2. The molecule has 0 aliphatic heterocycles. The molecular formula is C16H15Br2N2O4P. The third-order valence-electron chi connectivity index (χ3n) is 3.03. The Morgan fingerprint density at radius 1 is 0.720 bits per heavy atom. The molecule has 0 spiro atoms. The highest BCUT2D eigenvalue weighted by Gasteiger charge is 2.00. The number of nitrogens with one attached hydrogen (secondary N) is 2. The fourth-order valence-corrected chi connectivity index (χ4v) is 2.81. The molecule has 0 aliphatic carbocycles. The fourth-order valence-electron chi connectivity index (χ4n) is 2.05.